The summed E-state index contributed by atoms with van der Waals surface area (Å²) >= 11 is 0. The summed E-state index contributed by atoms with van der Waals surface area (Å²) in [6, 6.07) is 12.3. The summed E-state index contributed by atoms with van der Waals surface area (Å²) in [5.41, 5.74) is 0.946. The monoisotopic (exact) mass is 436 g/mol. The Morgan fingerprint density at radius 1 is 1.16 bits per heavy atom. The van der Waals surface area contributed by atoms with Crippen molar-refractivity contribution >= 4 is 22.7 Å². The molecule has 166 valence electrons. The SMILES string of the molecule is COc1cccc2cc(C(=O)C3=C(O)C(=O)N(CCN(C)C)C3c3ccc(O)cc3)oc12. The number of carbonyl (C=O) groups excluding carboxylic acids is 2. The minimum Gasteiger partial charge on any atom is -0.508 e. The number of amides is 1. The number of ketones is 1. The van der Waals surface area contributed by atoms with E-state index in [-0.39, 0.29) is 17.1 Å². The van der Waals surface area contributed by atoms with Crippen LogP contribution in [0.1, 0.15) is 22.2 Å². The molecule has 3 aromatic rings. The molecule has 0 radical (unpaired) electrons. The summed E-state index contributed by atoms with van der Waals surface area (Å²) in [6.07, 6.45) is 0. The van der Waals surface area contributed by atoms with Gasteiger partial charge < -0.3 is 29.2 Å². The first-order valence-electron chi connectivity index (χ1n) is 10.1. The molecule has 0 aliphatic carbocycles. The number of para-hydroxylation sites is 1. The summed E-state index contributed by atoms with van der Waals surface area (Å²) < 4.78 is 11.1. The lowest BCUT2D eigenvalue weighted by Gasteiger charge is -2.27. The molecule has 1 amide bonds. The van der Waals surface area contributed by atoms with E-state index in [1.54, 1.807) is 36.4 Å². The molecule has 4 rings (SSSR count). The van der Waals surface area contributed by atoms with Crippen LogP contribution in [0.4, 0.5) is 0 Å². The van der Waals surface area contributed by atoms with E-state index >= 15 is 0 Å². The van der Waals surface area contributed by atoms with Crippen LogP contribution in [-0.4, -0.2) is 66.0 Å². The number of benzene rings is 2. The number of likely N-dealkylation sites (N-methyl/N-ethyl adjacent to an activating group) is 1. The van der Waals surface area contributed by atoms with Gasteiger partial charge in [-0.1, -0.05) is 24.3 Å². The largest absolute Gasteiger partial charge is 0.508 e. The van der Waals surface area contributed by atoms with Crippen molar-refractivity contribution in [3.63, 3.8) is 0 Å². The topological polar surface area (TPSA) is 103 Å². The van der Waals surface area contributed by atoms with Crippen LogP contribution < -0.4 is 4.74 Å². The maximum absolute atomic E-state index is 13.5. The van der Waals surface area contributed by atoms with Crippen molar-refractivity contribution in [2.24, 2.45) is 0 Å². The predicted molar refractivity (Wildman–Crippen MR) is 118 cm³/mol. The Bertz CT molecular complexity index is 1210. The molecular weight excluding hydrogens is 412 g/mol. The van der Waals surface area contributed by atoms with Gasteiger partial charge in [0.1, 0.15) is 5.75 Å². The number of nitrogens with zero attached hydrogens (tertiary/aromatic N) is 2. The number of methoxy groups -OCH3 is 1. The van der Waals surface area contributed by atoms with E-state index < -0.39 is 23.5 Å². The Kier molecular flexibility index (Phi) is 5.63. The number of furan rings is 1. The fourth-order valence-electron chi connectivity index (χ4n) is 3.87. The summed E-state index contributed by atoms with van der Waals surface area (Å²) in [4.78, 5) is 29.8. The Hall–Kier alpha value is -3.78. The molecule has 1 aliphatic rings. The van der Waals surface area contributed by atoms with Gasteiger partial charge in [-0.3, -0.25) is 9.59 Å². The standard InChI is InChI=1S/C24H24N2O6/c1-25(2)11-12-26-20(14-7-9-16(27)10-8-14)19(22(29)24(26)30)21(28)18-13-15-5-4-6-17(31-3)23(15)32-18/h4-10,13,20,27,29H,11-12H2,1-3H3. The van der Waals surface area contributed by atoms with Crippen LogP contribution >= 0.6 is 0 Å². The van der Waals surface area contributed by atoms with Gasteiger partial charge in [0.25, 0.3) is 5.91 Å². The van der Waals surface area contributed by atoms with Gasteiger partial charge in [0, 0.05) is 18.5 Å². The third-order valence-electron chi connectivity index (χ3n) is 5.50. The minimum absolute atomic E-state index is 0.00270. The van der Waals surface area contributed by atoms with Crippen molar-refractivity contribution in [2.75, 3.05) is 34.3 Å². The number of hydrogen-bond acceptors (Lipinski definition) is 7. The van der Waals surface area contributed by atoms with Crippen molar-refractivity contribution in [3.05, 3.63) is 71.2 Å². The van der Waals surface area contributed by atoms with Crippen molar-refractivity contribution in [2.45, 2.75) is 6.04 Å². The van der Waals surface area contributed by atoms with E-state index in [4.69, 9.17) is 9.15 Å². The van der Waals surface area contributed by atoms with Crippen molar-refractivity contribution in [1.82, 2.24) is 9.80 Å². The number of aromatic hydroxyl groups is 1. The average Bonchev–Trinajstić information content (AvgIpc) is 3.32. The number of phenols is 1. The number of hydrogen-bond donors (Lipinski definition) is 2. The van der Waals surface area contributed by atoms with Gasteiger partial charge in [0.05, 0.1) is 18.7 Å². The lowest BCUT2D eigenvalue weighted by Crippen LogP contribution is -2.36. The summed E-state index contributed by atoms with van der Waals surface area (Å²) in [5, 5.41) is 21.1. The first kappa shape index (κ1) is 21.5. The molecule has 8 heteroatoms. The zero-order chi connectivity index (χ0) is 23.0. The van der Waals surface area contributed by atoms with Gasteiger partial charge in [0.2, 0.25) is 5.78 Å². The molecule has 8 nitrogen and oxygen atoms in total. The molecule has 0 saturated heterocycles. The zero-order valence-corrected chi connectivity index (χ0v) is 18.0. The molecule has 1 atom stereocenters. The molecule has 0 bridgehead atoms. The molecule has 0 saturated carbocycles. The van der Waals surface area contributed by atoms with Gasteiger partial charge in [-0.05, 0) is 43.9 Å². The fraction of sp³-hybridized carbons (Fsp3) is 0.250. The maximum atomic E-state index is 13.5. The molecule has 0 fully saturated rings. The number of phenolic OH excluding ortho intramolecular Hbond substituents is 1. The highest BCUT2D eigenvalue weighted by Gasteiger charge is 2.44. The van der Waals surface area contributed by atoms with Gasteiger partial charge >= 0.3 is 0 Å². The molecule has 1 unspecified atom stereocenters. The van der Waals surface area contributed by atoms with Crippen LogP contribution in [0.3, 0.4) is 0 Å². The maximum Gasteiger partial charge on any atom is 0.290 e. The number of carbonyl (C=O) groups is 2. The molecular formula is C24H24N2O6. The van der Waals surface area contributed by atoms with E-state index in [1.165, 1.54) is 24.1 Å². The highest BCUT2D eigenvalue weighted by atomic mass is 16.5. The van der Waals surface area contributed by atoms with Crippen LogP contribution in [0.25, 0.3) is 11.0 Å². The fourth-order valence-corrected chi connectivity index (χ4v) is 3.87. The molecule has 1 aliphatic heterocycles. The molecule has 0 spiro atoms. The normalized spacial score (nSPS) is 16.4. The number of ether oxygens (including phenoxy) is 1. The number of fused-ring (bicyclic) bond motifs is 1. The molecule has 32 heavy (non-hydrogen) atoms. The Balaban J connectivity index is 1.79. The van der Waals surface area contributed by atoms with E-state index in [9.17, 15) is 19.8 Å². The van der Waals surface area contributed by atoms with Crippen molar-refractivity contribution < 1.29 is 29.0 Å². The smallest absolute Gasteiger partial charge is 0.290 e. The third-order valence-corrected chi connectivity index (χ3v) is 5.50. The second-order valence-electron chi connectivity index (χ2n) is 7.88. The lowest BCUT2D eigenvalue weighted by molar-refractivity contribution is -0.129. The van der Waals surface area contributed by atoms with Gasteiger partial charge in [-0.25, -0.2) is 0 Å². The number of rotatable bonds is 7. The summed E-state index contributed by atoms with van der Waals surface area (Å²) in [6.45, 7) is 0.836. The Labute approximate surface area is 184 Å². The zero-order valence-electron chi connectivity index (χ0n) is 18.0. The van der Waals surface area contributed by atoms with Crippen LogP contribution in [0.2, 0.25) is 0 Å². The molecule has 2 heterocycles. The van der Waals surface area contributed by atoms with Gasteiger partial charge in [-0.15, -0.1) is 0 Å². The predicted octanol–water partition coefficient (Wildman–Crippen LogP) is 3.29. The second kappa shape index (κ2) is 8.39. The summed E-state index contributed by atoms with van der Waals surface area (Å²) in [7, 11) is 5.25. The Morgan fingerprint density at radius 3 is 2.53 bits per heavy atom. The van der Waals surface area contributed by atoms with Gasteiger partial charge in [0.15, 0.2) is 22.9 Å². The van der Waals surface area contributed by atoms with Gasteiger partial charge in [-0.2, -0.15) is 0 Å². The van der Waals surface area contributed by atoms with Crippen LogP contribution in [-0.2, 0) is 4.79 Å². The highest BCUT2D eigenvalue weighted by Crippen LogP contribution is 2.40. The van der Waals surface area contributed by atoms with Crippen molar-refractivity contribution in [3.8, 4) is 11.5 Å². The minimum atomic E-state index is -0.814. The van der Waals surface area contributed by atoms with E-state index in [0.29, 0.717) is 35.4 Å². The molecule has 2 N–H and O–H groups in total. The van der Waals surface area contributed by atoms with Crippen molar-refractivity contribution in [1.29, 1.82) is 0 Å². The van der Waals surface area contributed by atoms with Crippen LogP contribution in [0.15, 0.2) is 64.3 Å². The Morgan fingerprint density at radius 2 is 1.88 bits per heavy atom. The second-order valence-corrected chi connectivity index (χ2v) is 7.88. The number of aliphatic hydroxyl groups is 1. The quantitative estimate of drug-likeness (QED) is 0.548. The molecule has 2 aromatic carbocycles. The van der Waals surface area contributed by atoms with Crippen LogP contribution in [0, 0.1) is 0 Å². The lowest BCUT2D eigenvalue weighted by atomic mass is 9.95. The first-order valence-corrected chi connectivity index (χ1v) is 10.1. The first-order chi connectivity index (χ1) is 15.3. The van der Waals surface area contributed by atoms with E-state index in [2.05, 4.69) is 0 Å². The number of aliphatic hydroxyl groups excluding tert-OH is 1. The average molecular weight is 436 g/mol. The molecule has 1 aromatic heterocycles. The van der Waals surface area contributed by atoms with Crippen LogP contribution in [0.5, 0.6) is 11.5 Å². The third kappa shape index (κ3) is 3.69. The highest BCUT2D eigenvalue weighted by molar-refractivity contribution is 6.16. The number of Topliss-reactive ketones (excluding diaryl/α,β-unsaturated/α-hetero) is 1. The van der Waals surface area contributed by atoms with E-state index in [1.807, 2.05) is 19.0 Å². The van der Waals surface area contributed by atoms with E-state index in [0.717, 1.165) is 0 Å². The summed E-state index contributed by atoms with van der Waals surface area (Å²) in [5.74, 6) is -1.27.